The van der Waals surface area contributed by atoms with Gasteiger partial charge < -0.3 is 9.15 Å². The van der Waals surface area contributed by atoms with Crippen LogP contribution in [0.3, 0.4) is 0 Å². The molecule has 1 atom stereocenters. The molecule has 2 rings (SSSR count). The highest BCUT2D eigenvalue weighted by Gasteiger charge is 2.39. The number of hydrazine groups is 1. The topological polar surface area (TPSA) is 60.4 Å². The van der Waals surface area contributed by atoms with E-state index in [2.05, 4.69) is 19.3 Å². The van der Waals surface area contributed by atoms with E-state index in [-0.39, 0.29) is 11.9 Å². The predicted molar refractivity (Wildman–Crippen MR) is 81.2 cm³/mol. The number of furan rings is 1. The maximum atomic E-state index is 13.3. The zero-order chi connectivity index (χ0) is 15.5. The van der Waals surface area contributed by atoms with Gasteiger partial charge in [0.2, 0.25) is 0 Å². The second kappa shape index (κ2) is 6.56. The van der Waals surface area contributed by atoms with Crippen molar-refractivity contribution in [3.63, 3.8) is 0 Å². The SMILES string of the molecule is CCOC(CC)(CC)C(NN)c1cc2cc(F)ccc2o1. The third-order valence-corrected chi connectivity index (χ3v) is 4.10. The second-order valence-corrected chi connectivity index (χ2v) is 5.14. The molecule has 1 aromatic carbocycles. The minimum Gasteiger partial charge on any atom is -0.459 e. The van der Waals surface area contributed by atoms with Crippen molar-refractivity contribution < 1.29 is 13.5 Å². The summed E-state index contributed by atoms with van der Waals surface area (Å²) in [5.74, 6) is 6.14. The minimum absolute atomic E-state index is 0.283. The van der Waals surface area contributed by atoms with Gasteiger partial charge in [0.25, 0.3) is 0 Å². The second-order valence-electron chi connectivity index (χ2n) is 5.14. The quantitative estimate of drug-likeness (QED) is 0.604. The number of benzene rings is 1. The van der Waals surface area contributed by atoms with Crippen molar-refractivity contribution in [2.24, 2.45) is 5.84 Å². The zero-order valence-corrected chi connectivity index (χ0v) is 12.8. The first kappa shape index (κ1) is 15.9. The molecule has 21 heavy (non-hydrogen) atoms. The summed E-state index contributed by atoms with van der Waals surface area (Å²) in [7, 11) is 0. The summed E-state index contributed by atoms with van der Waals surface area (Å²) in [5, 5.41) is 0.725. The first-order chi connectivity index (χ1) is 10.1. The summed E-state index contributed by atoms with van der Waals surface area (Å²) < 4.78 is 25.1. The molecule has 1 unspecified atom stereocenters. The monoisotopic (exact) mass is 294 g/mol. The van der Waals surface area contributed by atoms with E-state index in [4.69, 9.17) is 15.0 Å². The summed E-state index contributed by atoms with van der Waals surface area (Å²) in [6.45, 7) is 6.67. The Labute approximate surface area is 124 Å². The number of rotatable bonds is 7. The van der Waals surface area contributed by atoms with E-state index in [1.807, 2.05) is 13.0 Å². The van der Waals surface area contributed by atoms with Gasteiger partial charge >= 0.3 is 0 Å². The van der Waals surface area contributed by atoms with Crippen LogP contribution in [0.2, 0.25) is 0 Å². The average molecular weight is 294 g/mol. The highest BCUT2D eigenvalue weighted by Crippen LogP contribution is 2.37. The highest BCUT2D eigenvalue weighted by atomic mass is 19.1. The van der Waals surface area contributed by atoms with Crippen molar-refractivity contribution in [1.82, 2.24) is 5.43 Å². The largest absolute Gasteiger partial charge is 0.459 e. The summed E-state index contributed by atoms with van der Waals surface area (Å²) in [6.07, 6.45) is 1.58. The highest BCUT2D eigenvalue weighted by molar-refractivity contribution is 5.78. The van der Waals surface area contributed by atoms with Crippen LogP contribution in [-0.4, -0.2) is 12.2 Å². The van der Waals surface area contributed by atoms with Crippen molar-refractivity contribution in [3.05, 3.63) is 35.8 Å². The lowest BCUT2D eigenvalue weighted by atomic mass is 9.87. The molecular weight excluding hydrogens is 271 g/mol. The van der Waals surface area contributed by atoms with Gasteiger partial charge in [-0.2, -0.15) is 0 Å². The number of fused-ring (bicyclic) bond motifs is 1. The molecule has 0 aliphatic rings. The Balaban J connectivity index is 2.46. The van der Waals surface area contributed by atoms with Crippen LogP contribution in [-0.2, 0) is 4.74 Å². The molecule has 116 valence electrons. The van der Waals surface area contributed by atoms with Gasteiger partial charge in [0.05, 0.1) is 5.60 Å². The van der Waals surface area contributed by atoms with E-state index >= 15 is 0 Å². The summed E-state index contributed by atoms with van der Waals surface area (Å²) in [4.78, 5) is 0. The molecule has 0 saturated heterocycles. The zero-order valence-electron chi connectivity index (χ0n) is 12.8. The number of ether oxygens (including phenoxy) is 1. The molecular formula is C16H23FN2O2. The Morgan fingerprint density at radius 3 is 2.57 bits per heavy atom. The normalized spacial score (nSPS) is 13.8. The van der Waals surface area contributed by atoms with Crippen molar-refractivity contribution in [2.45, 2.75) is 45.3 Å². The first-order valence-electron chi connectivity index (χ1n) is 7.39. The molecule has 0 spiro atoms. The van der Waals surface area contributed by atoms with Crippen LogP contribution >= 0.6 is 0 Å². The Kier molecular flexibility index (Phi) is 4.98. The van der Waals surface area contributed by atoms with Gasteiger partial charge in [-0.05, 0) is 44.0 Å². The average Bonchev–Trinajstić information content (AvgIpc) is 2.89. The fourth-order valence-corrected chi connectivity index (χ4v) is 2.90. The number of halogens is 1. The maximum Gasteiger partial charge on any atom is 0.134 e. The van der Waals surface area contributed by atoms with Crippen LogP contribution in [0.4, 0.5) is 4.39 Å². The van der Waals surface area contributed by atoms with E-state index in [1.165, 1.54) is 12.1 Å². The molecule has 0 aliphatic heterocycles. The molecule has 1 aromatic heterocycles. The number of nitrogens with one attached hydrogen (secondary N) is 1. The first-order valence-corrected chi connectivity index (χ1v) is 7.39. The van der Waals surface area contributed by atoms with E-state index in [1.54, 1.807) is 6.07 Å². The number of nitrogens with two attached hydrogens (primary N) is 1. The minimum atomic E-state index is -0.448. The van der Waals surface area contributed by atoms with Crippen LogP contribution in [0.1, 0.15) is 45.4 Å². The van der Waals surface area contributed by atoms with E-state index < -0.39 is 5.60 Å². The Morgan fingerprint density at radius 2 is 2.00 bits per heavy atom. The third-order valence-electron chi connectivity index (χ3n) is 4.10. The van der Waals surface area contributed by atoms with Crippen LogP contribution < -0.4 is 11.3 Å². The standard InChI is InChI=1S/C16H23FN2O2/c1-4-16(5-2,20-6-3)15(19-18)14-10-11-9-12(17)7-8-13(11)21-14/h7-10,15,19H,4-6,18H2,1-3H3. The fourth-order valence-electron chi connectivity index (χ4n) is 2.90. The molecule has 2 aromatic rings. The number of hydrogen-bond donors (Lipinski definition) is 2. The fraction of sp³-hybridized carbons (Fsp3) is 0.500. The Bertz CT molecular complexity index is 593. The molecule has 0 aliphatic carbocycles. The Morgan fingerprint density at radius 1 is 1.29 bits per heavy atom. The van der Waals surface area contributed by atoms with Crippen LogP contribution in [0.15, 0.2) is 28.7 Å². The summed E-state index contributed by atoms with van der Waals surface area (Å²) in [5.41, 5.74) is 3.00. The summed E-state index contributed by atoms with van der Waals surface area (Å²) >= 11 is 0. The van der Waals surface area contributed by atoms with Crippen LogP contribution in [0, 0.1) is 5.82 Å². The van der Waals surface area contributed by atoms with Crippen molar-refractivity contribution >= 4 is 11.0 Å². The van der Waals surface area contributed by atoms with Crippen molar-refractivity contribution in [1.29, 1.82) is 0 Å². The van der Waals surface area contributed by atoms with Gasteiger partial charge in [0.15, 0.2) is 0 Å². The lowest BCUT2D eigenvalue weighted by Crippen LogP contribution is -2.47. The maximum absolute atomic E-state index is 13.3. The van der Waals surface area contributed by atoms with E-state index in [0.717, 1.165) is 18.2 Å². The third kappa shape index (κ3) is 2.95. The number of hydrogen-bond acceptors (Lipinski definition) is 4. The van der Waals surface area contributed by atoms with Gasteiger partial charge in [-0.3, -0.25) is 5.84 Å². The summed E-state index contributed by atoms with van der Waals surface area (Å²) in [6, 6.07) is 6.00. The van der Waals surface area contributed by atoms with Gasteiger partial charge in [0.1, 0.15) is 23.2 Å². The van der Waals surface area contributed by atoms with Gasteiger partial charge in [-0.15, -0.1) is 0 Å². The predicted octanol–water partition coefficient (Wildman–Crippen LogP) is 3.67. The van der Waals surface area contributed by atoms with E-state index in [9.17, 15) is 4.39 Å². The van der Waals surface area contributed by atoms with Crippen LogP contribution in [0.5, 0.6) is 0 Å². The smallest absolute Gasteiger partial charge is 0.134 e. The molecule has 0 radical (unpaired) electrons. The lowest BCUT2D eigenvalue weighted by molar-refractivity contribution is -0.0774. The Hall–Kier alpha value is -1.43. The van der Waals surface area contributed by atoms with Crippen molar-refractivity contribution in [3.8, 4) is 0 Å². The molecule has 0 fully saturated rings. The van der Waals surface area contributed by atoms with E-state index in [0.29, 0.717) is 18.0 Å². The molecule has 0 saturated carbocycles. The lowest BCUT2D eigenvalue weighted by Gasteiger charge is -2.37. The van der Waals surface area contributed by atoms with Gasteiger partial charge in [-0.1, -0.05) is 13.8 Å². The van der Waals surface area contributed by atoms with Crippen molar-refractivity contribution in [2.75, 3.05) is 6.61 Å². The molecule has 0 amide bonds. The molecule has 4 nitrogen and oxygen atoms in total. The molecule has 1 heterocycles. The molecule has 0 bridgehead atoms. The molecule has 5 heteroatoms. The van der Waals surface area contributed by atoms with Crippen LogP contribution in [0.25, 0.3) is 11.0 Å². The molecule has 3 N–H and O–H groups in total. The van der Waals surface area contributed by atoms with Gasteiger partial charge in [0, 0.05) is 12.0 Å². The van der Waals surface area contributed by atoms with Gasteiger partial charge in [-0.25, -0.2) is 9.82 Å².